The third-order valence-corrected chi connectivity index (χ3v) is 5.70. The number of benzene rings is 1. The van der Waals surface area contributed by atoms with Crippen molar-refractivity contribution >= 4 is 29.2 Å². The lowest BCUT2D eigenvalue weighted by Crippen LogP contribution is -2.48. The highest BCUT2D eigenvalue weighted by Gasteiger charge is 2.62. The molecule has 22 heavy (non-hydrogen) atoms. The van der Waals surface area contributed by atoms with E-state index < -0.39 is 17.8 Å². The maximum Gasteiger partial charge on any atom is 0.307 e. The number of fused-ring (bicyclic) bond motifs is 1. The quantitative estimate of drug-likeness (QED) is 0.842. The van der Waals surface area contributed by atoms with Gasteiger partial charge in [-0.2, -0.15) is 0 Å². The number of hydrogen-bond acceptors (Lipinski definition) is 2. The highest BCUT2D eigenvalue weighted by molar-refractivity contribution is 6.33. The van der Waals surface area contributed by atoms with Gasteiger partial charge in [-0.1, -0.05) is 35.9 Å². The summed E-state index contributed by atoms with van der Waals surface area (Å²) in [6, 6.07) is 7.01. The molecule has 2 bridgehead atoms. The number of allylic oxidation sites excluding steroid dienone is 2. The van der Waals surface area contributed by atoms with Gasteiger partial charge < -0.3 is 10.4 Å². The van der Waals surface area contributed by atoms with E-state index in [1.165, 1.54) is 0 Å². The predicted octanol–water partition coefficient (Wildman–Crippen LogP) is 3.05. The number of carboxylic acids is 1. The second-order valence-electron chi connectivity index (χ2n) is 6.46. The largest absolute Gasteiger partial charge is 0.481 e. The van der Waals surface area contributed by atoms with Gasteiger partial charge in [-0.25, -0.2) is 0 Å². The first-order chi connectivity index (χ1) is 10.6. The maximum absolute atomic E-state index is 12.7. The van der Waals surface area contributed by atoms with E-state index >= 15 is 0 Å². The molecule has 0 spiro atoms. The minimum atomic E-state index is -0.871. The second kappa shape index (κ2) is 4.85. The van der Waals surface area contributed by atoms with E-state index in [-0.39, 0.29) is 17.7 Å². The predicted molar refractivity (Wildman–Crippen MR) is 82.4 cm³/mol. The van der Waals surface area contributed by atoms with Crippen LogP contribution in [0.5, 0.6) is 0 Å². The average molecular weight is 318 g/mol. The lowest BCUT2D eigenvalue weighted by atomic mass is 9.62. The molecule has 2 saturated carbocycles. The molecule has 4 aliphatic rings. The zero-order valence-corrected chi connectivity index (χ0v) is 12.5. The first-order valence-corrected chi connectivity index (χ1v) is 7.92. The van der Waals surface area contributed by atoms with Crippen LogP contribution in [0.4, 0.5) is 5.69 Å². The number of halogens is 1. The number of carbonyl (C=O) groups is 2. The number of hydrogen-bond donors (Lipinski definition) is 2. The molecule has 2 N–H and O–H groups in total. The Morgan fingerprint density at radius 2 is 1.73 bits per heavy atom. The van der Waals surface area contributed by atoms with E-state index in [0.29, 0.717) is 22.5 Å². The number of carboxylic acid groups (broad SMARTS) is 1. The summed E-state index contributed by atoms with van der Waals surface area (Å²) in [6.07, 6.45) is 5.11. The molecule has 1 aromatic rings. The second-order valence-corrected chi connectivity index (χ2v) is 6.87. The van der Waals surface area contributed by atoms with Gasteiger partial charge in [0.2, 0.25) is 5.91 Å². The molecule has 0 unspecified atom stereocenters. The summed E-state index contributed by atoms with van der Waals surface area (Å²) in [6.45, 7) is 0. The van der Waals surface area contributed by atoms with E-state index in [1.54, 1.807) is 24.3 Å². The molecule has 1 aromatic carbocycles. The summed E-state index contributed by atoms with van der Waals surface area (Å²) >= 11 is 6.08. The number of para-hydroxylation sites is 1. The van der Waals surface area contributed by atoms with Crippen molar-refractivity contribution in [3.05, 3.63) is 41.4 Å². The zero-order valence-electron chi connectivity index (χ0n) is 11.8. The molecule has 1 amide bonds. The lowest BCUT2D eigenvalue weighted by molar-refractivity contribution is -0.152. The molecular weight excluding hydrogens is 302 g/mol. The van der Waals surface area contributed by atoms with Crippen molar-refractivity contribution in [3.63, 3.8) is 0 Å². The third kappa shape index (κ3) is 1.97. The van der Waals surface area contributed by atoms with E-state index in [0.717, 1.165) is 6.42 Å². The van der Waals surface area contributed by atoms with Gasteiger partial charge in [0.1, 0.15) is 0 Å². The van der Waals surface area contributed by atoms with Crippen LogP contribution in [0.15, 0.2) is 36.4 Å². The van der Waals surface area contributed by atoms with Crippen molar-refractivity contribution in [2.24, 2.45) is 35.5 Å². The Labute approximate surface area is 133 Å². The molecule has 6 atom stereocenters. The summed E-state index contributed by atoms with van der Waals surface area (Å²) in [5.74, 6) is -1.26. The fraction of sp³-hybridized carbons (Fsp3) is 0.412. The molecule has 0 saturated heterocycles. The topological polar surface area (TPSA) is 66.4 Å². The van der Waals surface area contributed by atoms with Crippen LogP contribution in [0.1, 0.15) is 6.42 Å². The van der Waals surface area contributed by atoms with Crippen LogP contribution in [0, 0.1) is 35.5 Å². The van der Waals surface area contributed by atoms with E-state index in [9.17, 15) is 14.7 Å². The van der Waals surface area contributed by atoms with Crippen molar-refractivity contribution in [3.8, 4) is 0 Å². The molecule has 114 valence electrons. The van der Waals surface area contributed by atoms with E-state index in [2.05, 4.69) is 11.4 Å². The summed E-state index contributed by atoms with van der Waals surface area (Å²) in [4.78, 5) is 24.4. The highest BCUT2D eigenvalue weighted by atomic mass is 35.5. The monoisotopic (exact) mass is 317 g/mol. The van der Waals surface area contributed by atoms with Crippen molar-refractivity contribution in [1.29, 1.82) is 0 Å². The standard InChI is InChI=1S/C17H16ClNO3/c18-12-3-1-2-4-13(12)19-16(20)14-8-5-6-9(11-7-10(8)11)15(14)17(21)22/h1-6,8-11,14-15H,7H2,(H,19,20)(H,21,22)/t8-,9-,10-,11+,14-,15+/m0/s1. The lowest BCUT2D eigenvalue weighted by Gasteiger charge is -2.41. The van der Waals surface area contributed by atoms with Gasteiger partial charge in [-0.15, -0.1) is 0 Å². The summed E-state index contributed by atoms with van der Waals surface area (Å²) < 4.78 is 0. The fourth-order valence-corrected chi connectivity index (χ4v) is 4.53. The van der Waals surface area contributed by atoms with Crippen LogP contribution >= 0.6 is 11.6 Å². The van der Waals surface area contributed by atoms with Crippen molar-refractivity contribution in [2.75, 3.05) is 5.32 Å². The van der Waals surface area contributed by atoms with Crippen LogP contribution < -0.4 is 5.32 Å². The molecular formula is C17H16ClNO3. The number of nitrogens with one attached hydrogen (secondary N) is 1. The number of amides is 1. The van der Waals surface area contributed by atoms with Gasteiger partial charge in [0.15, 0.2) is 0 Å². The Hall–Kier alpha value is -1.81. The molecule has 0 aromatic heterocycles. The van der Waals surface area contributed by atoms with Gasteiger partial charge in [-0.05, 0) is 42.2 Å². The Balaban J connectivity index is 1.63. The molecule has 4 nitrogen and oxygen atoms in total. The van der Waals surface area contributed by atoms with Crippen molar-refractivity contribution < 1.29 is 14.7 Å². The molecule has 0 aliphatic heterocycles. The van der Waals surface area contributed by atoms with Crippen LogP contribution in [0.25, 0.3) is 0 Å². The minimum absolute atomic E-state index is 0.00510. The maximum atomic E-state index is 12.7. The van der Waals surface area contributed by atoms with Crippen molar-refractivity contribution in [2.45, 2.75) is 6.42 Å². The van der Waals surface area contributed by atoms with Gasteiger partial charge in [0.25, 0.3) is 0 Å². The molecule has 5 heteroatoms. The van der Waals surface area contributed by atoms with Gasteiger partial charge in [0, 0.05) is 0 Å². The third-order valence-electron chi connectivity index (χ3n) is 5.37. The normalized spacial score (nSPS) is 37.5. The van der Waals surface area contributed by atoms with E-state index in [4.69, 9.17) is 11.6 Å². The Bertz CT molecular complexity index is 686. The molecule has 5 rings (SSSR count). The average Bonchev–Trinajstić information content (AvgIpc) is 3.30. The summed E-state index contributed by atoms with van der Waals surface area (Å²) in [5, 5.41) is 12.9. The molecule has 0 heterocycles. The van der Waals surface area contributed by atoms with Gasteiger partial charge >= 0.3 is 5.97 Å². The molecule has 0 radical (unpaired) electrons. The van der Waals surface area contributed by atoms with Crippen LogP contribution in [-0.4, -0.2) is 17.0 Å². The minimum Gasteiger partial charge on any atom is -0.481 e. The summed E-state index contributed by atoms with van der Waals surface area (Å²) in [7, 11) is 0. The Kier molecular flexibility index (Phi) is 3.05. The number of carbonyl (C=O) groups excluding carboxylic acids is 1. The van der Waals surface area contributed by atoms with Gasteiger partial charge in [-0.3, -0.25) is 9.59 Å². The molecule has 4 aliphatic carbocycles. The fourth-order valence-electron chi connectivity index (χ4n) is 4.35. The smallest absolute Gasteiger partial charge is 0.307 e. The zero-order chi connectivity index (χ0) is 15.4. The van der Waals surface area contributed by atoms with Crippen LogP contribution in [0.2, 0.25) is 5.02 Å². The number of aliphatic carboxylic acids is 1. The van der Waals surface area contributed by atoms with E-state index in [1.807, 2.05) is 6.08 Å². The molecule has 2 fully saturated rings. The van der Waals surface area contributed by atoms with Gasteiger partial charge in [0.05, 0.1) is 22.5 Å². The Morgan fingerprint density at radius 1 is 1.09 bits per heavy atom. The van der Waals surface area contributed by atoms with Crippen LogP contribution in [0.3, 0.4) is 0 Å². The van der Waals surface area contributed by atoms with Crippen LogP contribution in [-0.2, 0) is 9.59 Å². The summed E-state index contributed by atoms with van der Waals surface area (Å²) in [5.41, 5.74) is 0.538. The first-order valence-electron chi connectivity index (χ1n) is 7.54. The van der Waals surface area contributed by atoms with Crippen molar-refractivity contribution in [1.82, 2.24) is 0 Å². The number of anilines is 1. The number of rotatable bonds is 3. The Morgan fingerprint density at radius 3 is 2.36 bits per heavy atom. The SMILES string of the molecule is O=C(O)[C@@H]1[C@H]2C=C[C@@H]([C@@H]3C[C@H]23)[C@@H]1C(=O)Nc1ccccc1Cl. The highest BCUT2D eigenvalue weighted by Crippen LogP contribution is 2.63. The first kappa shape index (κ1) is 13.8.